The van der Waals surface area contributed by atoms with Gasteiger partial charge in [0.1, 0.15) is 5.75 Å². The number of nitrogens with one attached hydrogen (secondary N) is 1. The summed E-state index contributed by atoms with van der Waals surface area (Å²) in [4.78, 5) is 17.1. The summed E-state index contributed by atoms with van der Waals surface area (Å²) in [7, 11) is -2.15. The Kier molecular flexibility index (Phi) is 7.00. The summed E-state index contributed by atoms with van der Waals surface area (Å²) in [6.45, 7) is 4.22. The van der Waals surface area contributed by atoms with Crippen molar-refractivity contribution in [3.05, 3.63) is 82.9 Å². The molecule has 1 saturated heterocycles. The Morgan fingerprint density at radius 2 is 1.62 bits per heavy atom. The normalized spacial score (nSPS) is 14.1. The number of amides is 1. The van der Waals surface area contributed by atoms with Crippen LogP contribution in [0.3, 0.4) is 0 Å². The fourth-order valence-electron chi connectivity index (χ4n) is 3.99. The predicted molar refractivity (Wildman–Crippen MR) is 135 cm³/mol. The third-order valence-electron chi connectivity index (χ3n) is 5.88. The minimum atomic E-state index is -3.80. The maximum absolute atomic E-state index is 13.0. The van der Waals surface area contributed by atoms with Crippen molar-refractivity contribution in [1.82, 2.24) is 4.90 Å². The number of benzene rings is 3. The number of ether oxygens (including phenoxy) is 1. The van der Waals surface area contributed by atoms with Crippen LogP contribution in [0.15, 0.2) is 71.6 Å². The molecule has 1 amide bonds. The summed E-state index contributed by atoms with van der Waals surface area (Å²) in [6.07, 6.45) is 0. The minimum absolute atomic E-state index is 0.0835. The van der Waals surface area contributed by atoms with Crippen LogP contribution in [0.5, 0.6) is 5.75 Å². The molecular formula is C25H26ClN3O4S. The average molecular weight is 500 g/mol. The van der Waals surface area contributed by atoms with Crippen LogP contribution < -0.4 is 14.4 Å². The van der Waals surface area contributed by atoms with E-state index in [0.717, 1.165) is 11.4 Å². The number of anilines is 2. The van der Waals surface area contributed by atoms with E-state index in [0.29, 0.717) is 48.0 Å². The number of halogens is 1. The van der Waals surface area contributed by atoms with Crippen molar-refractivity contribution in [2.45, 2.75) is 11.8 Å². The van der Waals surface area contributed by atoms with E-state index < -0.39 is 10.0 Å². The number of carbonyl (C=O) groups is 1. The van der Waals surface area contributed by atoms with Crippen molar-refractivity contribution in [1.29, 1.82) is 0 Å². The monoisotopic (exact) mass is 499 g/mol. The summed E-state index contributed by atoms with van der Waals surface area (Å²) >= 11 is 6.07. The van der Waals surface area contributed by atoms with Crippen LogP contribution in [-0.4, -0.2) is 52.5 Å². The van der Waals surface area contributed by atoms with E-state index >= 15 is 0 Å². The summed E-state index contributed by atoms with van der Waals surface area (Å²) in [5.41, 5.74) is 2.38. The second-order valence-corrected chi connectivity index (χ2v) is 10.1. The largest absolute Gasteiger partial charge is 0.495 e. The Morgan fingerprint density at radius 1 is 0.941 bits per heavy atom. The third kappa shape index (κ3) is 4.98. The van der Waals surface area contributed by atoms with Gasteiger partial charge in [0.2, 0.25) is 0 Å². The standard InChI is InChI=1S/C25H26ClN3O4S/c1-18-21(26)6-5-9-24(18)34(31,32)27-20-12-10-19(11-13-20)25(30)29-16-14-28(15-17-29)22-7-3-4-8-23(22)33-2/h3-13,27H,14-17H2,1-2H3. The molecule has 9 heteroatoms. The van der Waals surface area contributed by atoms with Crippen LogP contribution >= 0.6 is 11.6 Å². The van der Waals surface area contributed by atoms with Gasteiger partial charge in [0, 0.05) is 42.5 Å². The van der Waals surface area contributed by atoms with Crippen LogP contribution in [-0.2, 0) is 10.0 Å². The van der Waals surface area contributed by atoms with E-state index in [-0.39, 0.29) is 10.8 Å². The fourth-order valence-corrected chi connectivity index (χ4v) is 5.55. The predicted octanol–water partition coefficient (Wildman–Crippen LogP) is 4.42. The number of hydrogen-bond acceptors (Lipinski definition) is 5. The van der Waals surface area contributed by atoms with Crippen LogP contribution in [0.4, 0.5) is 11.4 Å². The van der Waals surface area contributed by atoms with Gasteiger partial charge < -0.3 is 14.5 Å². The van der Waals surface area contributed by atoms with Gasteiger partial charge in [-0.3, -0.25) is 9.52 Å². The smallest absolute Gasteiger partial charge is 0.262 e. The summed E-state index contributed by atoms with van der Waals surface area (Å²) in [6, 6.07) is 19.1. The third-order valence-corrected chi connectivity index (χ3v) is 7.82. The van der Waals surface area contributed by atoms with Gasteiger partial charge in [-0.15, -0.1) is 0 Å². The van der Waals surface area contributed by atoms with E-state index in [1.165, 1.54) is 6.07 Å². The number of rotatable bonds is 6. The van der Waals surface area contributed by atoms with E-state index in [9.17, 15) is 13.2 Å². The zero-order chi connectivity index (χ0) is 24.3. The van der Waals surface area contributed by atoms with Crippen molar-refractivity contribution in [3.8, 4) is 5.75 Å². The molecule has 0 atom stereocenters. The lowest BCUT2D eigenvalue weighted by Crippen LogP contribution is -2.48. The molecule has 1 N–H and O–H groups in total. The van der Waals surface area contributed by atoms with E-state index in [1.54, 1.807) is 55.3 Å². The van der Waals surface area contributed by atoms with Crippen LogP contribution in [0.2, 0.25) is 5.02 Å². The fraction of sp³-hybridized carbons (Fsp3) is 0.240. The van der Waals surface area contributed by atoms with Crippen molar-refractivity contribution in [3.63, 3.8) is 0 Å². The van der Waals surface area contributed by atoms with Gasteiger partial charge in [0.25, 0.3) is 15.9 Å². The molecule has 3 aromatic rings. The highest BCUT2D eigenvalue weighted by molar-refractivity contribution is 7.92. The van der Waals surface area contributed by atoms with Crippen molar-refractivity contribution >= 4 is 38.9 Å². The lowest BCUT2D eigenvalue weighted by Gasteiger charge is -2.36. The van der Waals surface area contributed by atoms with Gasteiger partial charge in [0.15, 0.2) is 0 Å². The summed E-state index contributed by atoms with van der Waals surface area (Å²) < 4.78 is 33.6. The molecule has 0 aromatic heterocycles. The first-order valence-corrected chi connectivity index (χ1v) is 12.7. The lowest BCUT2D eigenvalue weighted by atomic mass is 10.1. The number of methoxy groups -OCH3 is 1. The Labute approximate surface area is 205 Å². The van der Waals surface area contributed by atoms with Gasteiger partial charge >= 0.3 is 0 Å². The quantitative estimate of drug-likeness (QED) is 0.543. The average Bonchev–Trinajstić information content (AvgIpc) is 2.85. The molecule has 1 heterocycles. The van der Waals surface area contributed by atoms with E-state index in [4.69, 9.17) is 16.3 Å². The highest BCUT2D eigenvalue weighted by Crippen LogP contribution is 2.29. The minimum Gasteiger partial charge on any atom is -0.495 e. The maximum Gasteiger partial charge on any atom is 0.262 e. The first-order chi connectivity index (χ1) is 16.3. The maximum atomic E-state index is 13.0. The molecule has 0 aliphatic carbocycles. The van der Waals surface area contributed by atoms with Crippen LogP contribution in [0, 0.1) is 6.92 Å². The Balaban J connectivity index is 1.40. The molecule has 0 bridgehead atoms. The van der Waals surface area contributed by atoms with E-state index in [2.05, 4.69) is 9.62 Å². The summed E-state index contributed by atoms with van der Waals surface area (Å²) in [5, 5.41) is 0.384. The van der Waals surface area contributed by atoms with Gasteiger partial charge in [-0.25, -0.2) is 8.42 Å². The molecule has 0 unspecified atom stereocenters. The molecule has 0 radical (unpaired) electrons. The Morgan fingerprint density at radius 3 is 2.29 bits per heavy atom. The summed E-state index contributed by atoms with van der Waals surface area (Å²) in [5.74, 6) is 0.730. The molecule has 178 valence electrons. The molecule has 0 spiro atoms. The zero-order valence-electron chi connectivity index (χ0n) is 19.0. The molecule has 1 aliphatic rings. The van der Waals surface area contributed by atoms with Gasteiger partial charge in [-0.2, -0.15) is 0 Å². The number of piperazine rings is 1. The first-order valence-electron chi connectivity index (χ1n) is 10.9. The molecule has 0 saturated carbocycles. The molecule has 3 aromatic carbocycles. The second kappa shape index (κ2) is 9.95. The highest BCUT2D eigenvalue weighted by Gasteiger charge is 2.24. The Bertz CT molecular complexity index is 1290. The van der Waals surface area contributed by atoms with Crippen molar-refractivity contribution < 1.29 is 17.9 Å². The van der Waals surface area contributed by atoms with Crippen LogP contribution in [0.25, 0.3) is 0 Å². The number of nitrogens with zero attached hydrogens (tertiary/aromatic N) is 2. The SMILES string of the molecule is COc1ccccc1N1CCN(C(=O)c2ccc(NS(=O)(=O)c3cccc(Cl)c3C)cc2)CC1. The first kappa shape index (κ1) is 23.9. The second-order valence-electron chi connectivity index (χ2n) is 8.00. The number of para-hydroxylation sites is 2. The molecule has 1 aliphatic heterocycles. The van der Waals surface area contributed by atoms with E-state index in [1.807, 2.05) is 24.3 Å². The highest BCUT2D eigenvalue weighted by atomic mass is 35.5. The van der Waals surface area contributed by atoms with Gasteiger partial charge in [-0.1, -0.05) is 29.8 Å². The Hall–Kier alpha value is -3.23. The zero-order valence-corrected chi connectivity index (χ0v) is 20.6. The van der Waals surface area contributed by atoms with Crippen LogP contribution in [0.1, 0.15) is 15.9 Å². The molecular weight excluding hydrogens is 474 g/mol. The van der Waals surface area contributed by atoms with Crippen molar-refractivity contribution in [2.75, 3.05) is 42.9 Å². The number of carbonyl (C=O) groups excluding carboxylic acids is 1. The molecule has 34 heavy (non-hydrogen) atoms. The van der Waals surface area contributed by atoms with Crippen molar-refractivity contribution in [2.24, 2.45) is 0 Å². The number of sulfonamides is 1. The van der Waals surface area contributed by atoms with Gasteiger partial charge in [-0.05, 0) is 61.0 Å². The topological polar surface area (TPSA) is 79.0 Å². The molecule has 1 fully saturated rings. The molecule has 4 rings (SSSR count). The number of hydrogen-bond donors (Lipinski definition) is 1. The molecule has 7 nitrogen and oxygen atoms in total. The van der Waals surface area contributed by atoms with Gasteiger partial charge in [0.05, 0.1) is 17.7 Å². The lowest BCUT2D eigenvalue weighted by molar-refractivity contribution is 0.0746.